The molecule has 4 heteroatoms. The van der Waals surface area contributed by atoms with Crippen molar-refractivity contribution < 1.29 is 0 Å². The van der Waals surface area contributed by atoms with E-state index in [-0.39, 0.29) is 6.04 Å². The molecule has 1 aromatic heterocycles. The molecule has 1 unspecified atom stereocenters. The summed E-state index contributed by atoms with van der Waals surface area (Å²) in [5.74, 6) is 0.735. The first-order valence-electron chi connectivity index (χ1n) is 4.87. The maximum atomic E-state index is 5.84. The van der Waals surface area contributed by atoms with Gasteiger partial charge in [-0.1, -0.05) is 6.92 Å². The van der Waals surface area contributed by atoms with Crippen molar-refractivity contribution >= 4 is 5.95 Å². The number of nitrogens with zero attached hydrogens (tertiary/aromatic N) is 3. The molecule has 0 aliphatic carbocycles. The zero-order valence-electron chi connectivity index (χ0n) is 9.07. The summed E-state index contributed by atoms with van der Waals surface area (Å²) < 4.78 is 0. The molecule has 4 nitrogen and oxygen atoms in total. The molecule has 2 N–H and O–H groups in total. The zero-order chi connectivity index (χ0) is 10.6. The van der Waals surface area contributed by atoms with Gasteiger partial charge in [0.15, 0.2) is 0 Å². The van der Waals surface area contributed by atoms with Crippen LogP contribution < -0.4 is 10.6 Å². The summed E-state index contributed by atoms with van der Waals surface area (Å²) in [6.07, 6.45) is 5.52. The predicted octanol–water partition coefficient (Wildman–Crippen LogP) is 0.822. The third-order valence-corrected chi connectivity index (χ3v) is 2.11. The van der Waals surface area contributed by atoms with Gasteiger partial charge in [-0.05, 0) is 18.4 Å². The molecule has 1 rings (SSSR count). The maximum absolute atomic E-state index is 5.84. The van der Waals surface area contributed by atoms with Crippen molar-refractivity contribution in [1.29, 1.82) is 0 Å². The molecule has 0 aliphatic rings. The Morgan fingerprint density at radius 1 is 1.36 bits per heavy atom. The molecule has 1 atom stereocenters. The highest BCUT2D eigenvalue weighted by Crippen LogP contribution is 2.05. The number of hydrogen-bond donors (Lipinski definition) is 1. The second-order valence-electron chi connectivity index (χ2n) is 3.66. The lowest BCUT2D eigenvalue weighted by Gasteiger charge is -2.11. The van der Waals surface area contributed by atoms with Gasteiger partial charge >= 0.3 is 0 Å². The highest BCUT2D eigenvalue weighted by Gasteiger charge is 2.03. The lowest BCUT2D eigenvalue weighted by Crippen LogP contribution is -2.21. The monoisotopic (exact) mass is 194 g/mol. The van der Waals surface area contributed by atoms with Crippen LogP contribution >= 0.6 is 0 Å². The fourth-order valence-corrected chi connectivity index (χ4v) is 1.13. The smallest absolute Gasteiger partial charge is 0.224 e. The minimum absolute atomic E-state index is 0.212. The molecular formula is C10H18N4. The molecule has 0 saturated carbocycles. The quantitative estimate of drug-likeness (QED) is 0.771. The normalized spacial score (nSPS) is 12.6. The molecule has 0 radical (unpaired) electrons. The van der Waals surface area contributed by atoms with Crippen LogP contribution in [0.3, 0.4) is 0 Å². The van der Waals surface area contributed by atoms with Crippen molar-refractivity contribution in [3.8, 4) is 0 Å². The van der Waals surface area contributed by atoms with Crippen molar-refractivity contribution in [2.24, 2.45) is 5.73 Å². The van der Waals surface area contributed by atoms with Gasteiger partial charge in [-0.15, -0.1) is 0 Å². The van der Waals surface area contributed by atoms with Crippen molar-refractivity contribution in [3.63, 3.8) is 0 Å². The van der Waals surface area contributed by atoms with Gasteiger partial charge in [-0.3, -0.25) is 0 Å². The summed E-state index contributed by atoms with van der Waals surface area (Å²) in [6.45, 7) is 2.08. The van der Waals surface area contributed by atoms with Gasteiger partial charge in [0.1, 0.15) is 0 Å². The summed E-state index contributed by atoms with van der Waals surface area (Å²) in [5.41, 5.74) is 6.94. The standard InChI is InChI=1S/C10H18N4/c1-4-9(11)5-8-6-12-10(13-7-8)14(2)3/h6-7,9H,4-5,11H2,1-3H3. The highest BCUT2D eigenvalue weighted by molar-refractivity contribution is 5.26. The van der Waals surface area contributed by atoms with E-state index in [9.17, 15) is 0 Å². The maximum Gasteiger partial charge on any atom is 0.224 e. The van der Waals surface area contributed by atoms with E-state index >= 15 is 0 Å². The average molecular weight is 194 g/mol. The van der Waals surface area contributed by atoms with E-state index < -0.39 is 0 Å². The van der Waals surface area contributed by atoms with Crippen LogP contribution in [0, 0.1) is 0 Å². The number of hydrogen-bond acceptors (Lipinski definition) is 4. The molecular weight excluding hydrogens is 176 g/mol. The lowest BCUT2D eigenvalue weighted by molar-refractivity contribution is 0.643. The van der Waals surface area contributed by atoms with Gasteiger partial charge in [0.05, 0.1) is 0 Å². The van der Waals surface area contributed by atoms with E-state index in [1.807, 2.05) is 31.4 Å². The molecule has 0 amide bonds. The molecule has 14 heavy (non-hydrogen) atoms. The molecule has 0 aromatic carbocycles. The van der Waals surface area contributed by atoms with Crippen LogP contribution in [-0.4, -0.2) is 30.1 Å². The molecule has 0 fully saturated rings. The van der Waals surface area contributed by atoms with E-state index in [0.29, 0.717) is 0 Å². The number of anilines is 1. The molecule has 0 spiro atoms. The third kappa shape index (κ3) is 2.96. The molecule has 78 valence electrons. The zero-order valence-corrected chi connectivity index (χ0v) is 9.07. The van der Waals surface area contributed by atoms with Gasteiger partial charge < -0.3 is 10.6 Å². The van der Waals surface area contributed by atoms with Crippen molar-refractivity contribution in [2.75, 3.05) is 19.0 Å². The van der Waals surface area contributed by atoms with Crippen molar-refractivity contribution in [3.05, 3.63) is 18.0 Å². The van der Waals surface area contributed by atoms with Crippen LogP contribution in [0.4, 0.5) is 5.95 Å². The van der Waals surface area contributed by atoms with Gasteiger partial charge in [0.2, 0.25) is 5.95 Å². The molecule has 1 heterocycles. The first-order valence-corrected chi connectivity index (χ1v) is 4.87. The highest BCUT2D eigenvalue weighted by atomic mass is 15.2. The first kappa shape index (κ1) is 10.9. The Hall–Kier alpha value is -1.16. The van der Waals surface area contributed by atoms with Gasteiger partial charge in [0.25, 0.3) is 0 Å². The summed E-state index contributed by atoms with van der Waals surface area (Å²) in [5, 5.41) is 0. The number of aromatic nitrogens is 2. The Kier molecular flexibility index (Phi) is 3.83. The molecule has 1 aromatic rings. The second-order valence-corrected chi connectivity index (χ2v) is 3.66. The van der Waals surface area contributed by atoms with E-state index in [4.69, 9.17) is 5.73 Å². The largest absolute Gasteiger partial charge is 0.347 e. The summed E-state index contributed by atoms with van der Waals surface area (Å²) in [4.78, 5) is 10.3. The SMILES string of the molecule is CCC(N)Cc1cnc(N(C)C)nc1. The first-order chi connectivity index (χ1) is 6.63. The van der Waals surface area contributed by atoms with E-state index in [1.54, 1.807) is 0 Å². The summed E-state index contributed by atoms with van der Waals surface area (Å²) in [7, 11) is 3.85. The second kappa shape index (κ2) is 4.91. The number of nitrogens with two attached hydrogens (primary N) is 1. The van der Waals surface area contributed by atoms with Crippen molar-refractivity contribution in [1.82, 2.24) is 9.97 Å². The Morgan fingerprint density at radius 2 is 1.93 bits per heavy atom. The van der Waals surface area contributed by atoms with Crippen LogP contribution in [0.1, 0.15) is 18.9 Å². The Bertz CT molecular complexity index is 268. The Morgan fingerprint density at radius 3 is 2.36 bits per heavy atom. The third-order valence-electron chi connectivity index (χ3n) is 2.11. The Labute approximate surface area is 85.2 Å². The molecule has 0 saturated heterocycles. The van der Waals surface area contributed by atoms with Crippen LogP contribution in [0.5, 0.6) is 0 Å². The minimum Gasteiger partial charge on any atom is -0.347 e. The molecule has 0 bridgehead atoms. The lowest BCUT2D eigenvalue weighted by atomic mass is 10.1. The van der Waals surface area contributed by atoms with Gasteiger partial charge in [0, 0.05) is 32.5 Å². The topological polar surface area (TPSA) is 55.0 Å². The fraction of sp³-hybridized carbons (Fsp3) is 0.600. The van der Waals surface area contributed by atoms with E-state index in [1.165, 1.54) is 0 Å². The van der Waals surface area contributed by atoms with E-state index in [2.05, 4.69) is 16.9 Å². The van der Waals surface area contributed by atoms with Crippen LogP contribution in [-0.2, 0) is 6.42 Å². The van der Waals surface area contributed by atoms with Crippen LogP contribution in [0.2, 0.25) is 0 Å². The summed E-state index contributed by atoms with van der Waals surface area (Å²) >= 11 is 0. The van der Waals surface area contributed by atoms with E-state index in [0.717, 1.165) is 24.4 Å². The Balaban J connectivity index is 2.64. The van der Waals surface area contributed by atoms with Crippen molar-refractivity contribution in [2.45, 2.75) is 25.8 Å². The summed E-state index contributed by atoms with van der Waals surface area (Å²) in [6, 6.07) is 0.212. The van der Waals surface area contributed by atoms with Gasteiger partial charge in [-0.2, -0.15) is 0 Å². The predicted molar refractivity (Wildman–Crippen MR) is 58.3 cm³/mol. The fourth-order valence-electron chi connectivity index (χ4n) is 1.13. The molecule has 0 aliphatic heterocycles. The van der Waals surface area contributed by atoms with Crippen LogP contribution in [0.25, 0.3) is 0 Å². The van der Waals surface area contributed by atoms with Crippen LogP contribution in [0.15, 0.2) is 12.4 Å². The van der Waals surface area contributed by atoms with Gasteiger partial charge in [-0.25, -0.2) is 9.97 Å². The minimum atomic E-state index is 0.212. The average Bonchev–Trinajstić information content (AvgIpc) is 2.18. The number of rotatable bonds is 4.